The molecule has 16 heavy (non-hydrogen) atoms. The monoisotopic (exact) mass is 411 g/mol. The van der Waals surface area contributed by atoms with Crippen LogP contribution in [0.1, 0.15) is 5.76 Å². The van der Waals surface area contributed by atoms with Gasteiger partial charge in [0.2, 0.25) is 0 Å². The summed E-state index contributed by atoms with van der Waals surface area (Å²) in [7, 11) is 0. The van der Waals surface area contributed by atoms with Gasteiger partial charge in [0.25, 0.3) is 0 Å². The Balaban J connectivity index is 2.07. The summed E-state index contributed by atoms with van der Waals surface area (Å²) in [4.78, 5) is 0. The van der Waals surface area contributed by atoms with Gasteiger partial charge < -0.3 is 9.73 Å². The molecule has 2 nitrogen and oxygen atoms in total. The highest BCUT2D eigenvalue weighted by Gasteiger charge is 2.03. The first kappa shape index (κ1) is 12.3. The van der Waals surface area contributed by atoms with E-state index in [0.29, 0.717) is 11.6 Å². The molecule has 0 spiro atoms. The maximum absolute atomic E-state index is 5.92. The van der Waals surface area contributed by atoms with Gasteiger partial charge in [0.05, 0.1) is 12.2 Å². The lowest BCUT2D eigenvalue weighted by Crippen LogP contribution is -1.98. The highest BCUT2D eigenvalue weighted by Crippen LogP contribution is 2.26. The summed E-state index contributed by atoms with van der Waals surface area (Å²) in [5.41, 5.74) is 0.957. The number of anilines is 1. The Labute approximate surface area is 121 Å². The van der Waals surface area contributed by atoms with Gasteiger partial charge in [-0.3, -0.25) is 0 Å². The molecule has 2 aromatic rings. The molecule has 5 heteroatoms. The van der Waals surface area contributed by atoms with Gasteiger partial charge in [-0.2, -0.15) is 0 Å². The Hall–Kier alpha value is -0.200. The molecule has 0 unspecified atom stereocenters. The van der Waals surface area contributed by atoms with Crippen LogP contribution in [0, 0.1) is 3.77 Å². The summed E-state index contributed by atoms with van der Waals surface area (Å²) < 4.78 is 7.32. The van der Waals surface area contributed by atoms with E-state index in [4.69, 9.17) is 16.0 Å². The maximum atomic E-state index is 5.92. The molecule has 0 fully saturated rings. The minimum atomic E-state index is 0.641. The summed E-state index contributed by atoms with van der Waals surface area (Å²) >= 11 is 11.5. The summed E-state index contributed by atoms with van der Waals surface area (Å²) in [5, 5.41) is 3.96. The van der Waals surface area contributed by atoms with E-state index in [2.05, 4.69) is 43.8 Å². The number of hydrogen-bond donors (Lipinski definition) is 1. The lowest BCUT2D eigenvalue weighted by Gasteiger charge is -2.07. The maximum Gasteiger partial charge on any atom is 0.164 e. The molecule has 0 saturated carbocycles. The van der Waals surface area contributed by atoms with Crippen molar-refractivity contribution in [3.8, 4) is 0 Å². The Kier molecular flexibility index (Phi) is 4.16. The molecule has 2 rings (SSSR count). The Morgan fingerprint density at radius 1 is 1.31 bits per heavy atom. The number of nitrogens with one attached hydrogen (secondary N) is 1. The van der Waals surface area contributed by atoms with Gasteiger partial charge in [0.1, 0.15) is 5.76 Å². The fraction of sp³-hybridized carbons (Fsp3) is 0.0909. The van der Waals surface area contributed by atoms with Crippen molar-refractivity contribution in [1.29, 1.82) is 0 Å². The number of hydrogen-bond acceptors (Lipinski definition) is 2. The van der Waals surface area contributed by atoms with Crippen molar-refractivity contribution >= 4 is 55.8 Å². The smallest absolute Gasteiger partial charge is 0.164 e. The zero-order valence-corrected chi connectivity index (χ0v) is 12.6. The van der Waals surface area contributed by atoms with Crippen molar-refractivity contribution in [2.45, 2.75) is 6.54 Å². The third-order valence-corrected chi connectivity index (χ3v) is 3.52. The van der Waals surface area contributed by atoms with Crippen LogP contribution in [0.2, 0.25) is 5.02 Å². The van der Waals surface area contributed by atoms with Crippen LogP contribution in [0.4, 0.5) is 5.69 Å². The van der Waals surface area contributed by atoms with E-state index < -0.39 is 0 Å². The lowest BCUT2D eigenvalue weighted by molar-refractivity contribution is 0.493. The summed E-state index contributed by atoms with van der Waals surface area (Å²) in [5.74, 6) is 0.899. The molecule has 84 valence electrons. The average molecular weight is 412 g/mol. The molecule has 0 atom stereocenters. The van der Waals surface area contributed by atoms with Crippen molar-refractivity contribution in [3.63, 3.8) is 0 Å². The zero-order valence-electron chi connectivity index (χ0n) is 8.14. The molecule has 0 radical (unpaired) electrons. The van der Waals surface area contributed by atoms with Crippen molar-refractivity contribution < 1.29 is 4.42 Å². The SMILES string of the molecule is Clc1ccc(Br)c(NCc2ccc(I)o2)c1. The normalized spacial score (nSPS) is 10.4. The van der Waals surface area contributed by atoms with Gasteiger partial charge in [0, 0.05) is 9.50 Å². The fourth-order valence-electron chi connectivity index (χ4n) is 1.26. The van der Waals surface area contributed by atoms with Gasteiger partial charge >= 0.3 is 0 Å². The van der Waals surface area contributed by atoms with Gasteiger partial charge in [-0.25, -0.2) is 0 Å². The Morgan fingerprint density at radius 3 is 2.81 bits per heavy atom. The zero-order chi connectivity index (χ0) is 11.5. The first-order chi connectivity index (χ1) is 7.65. The number of rotatable bonds is 3. The third-order valence-electron chi connectivity index (χ3n) is 2.01. The van der Waals surface area contributed by atoms with Crippen LogP contribution in [0.5, 0.6) is 0 Å². The molecular formula is C11H8BrClINO. The second-order valence-electron chi connectivity index (χ2n) is 3.18. The second kappa shape index (κ2) is 5.42. The van der Waals surface area contributed by atoms with Crippen molar-refractivity contribution in [3.05, 3.63) is 49.4 Å². The van der Waals surface area contributed by atoms with Gasteiger partial charge in [0.15, 0.2) is 3.77 Å². The first-order valence-corrected chi connectivity index (χ1v) is 6.83. The molecular weight excluding hydrogens is 404 g/mol. The van der Waals surface area contributed by atoms with E-state index in [1.807, 2.05) is 30.3 Å². The van der Waals surface area contributed by atoms with Crippen molar-refractivity contribution in [2.24, 2.45) is 0 Å². The molecule has 0 amide bonds. The molecule has 1 aromatic carbocycles. The third kappa shape index (κ3) is 3.15. The highest BCUT2D eigenvalue weighted by molar-refractivity contribution is 14.1. The summed E-state index contributed by atoms with van der Waals surface area (Å²) in [6.45, 7) is 0.641. The van der Waals surface area contributed by atoms with E-state index in [0.717, 1.165) is 19.7 Å². The van der Waals surface area contributed by atoms with Crippen LogP contribution >= 0.6 is 50.1 Å². The van der Waals surface area contributed by atoms with Gasteiger partial charge in [-0.05, 0) is 68.9 Å². The Bertz CT molecular complexity index is 500. The highest BCUT2D eigenvalue weighted by atomic mass is 127. The largest absolute Gasteiger partial charge is 0.454 e. The van der Waals surface area contributed by atoms with Crippen molar-refractivity contribution in [2.75, 3.05) is 5.32 Å². The average Bonchev–Trinajstić information content (AvgIpc) is 2.66. The van der Waals surface area contributed by atoms with E-state index in [1.165, 1.54) is 0 Å². The quantitative estimate of drug-likeness (QED) is 0.725. The Morgan fingerprint density at radius 2 is 2.12 bits per heavy atom. The summed E-state index contributed by atoms with van der Waals surface area (Å²) in [6, 6.07) is 9.51. The number of furan rings is 1. The molecule has 0 aliphatic carbocycles. The standard InChI is InChI=1S/C11H8BrClINO/c12-9-3-1-7(13)5-10(9)15-6-8-2-4-11(14)16-8/h1-5,15H,6H2. The van der Waals surface area contributed by atoms with Crippen LogP contribution in [-0.2, 0) is 6.54 Å². The number of halogens is 3. The van der Waals surface area contributed by atoms with Crippen molar-refractivity contribution in [1.82, 2.24) is 0 Å². The predicted octanol–water partition coefficient (Wildman–Crippen LogP) is 4.91. The van der Waals surface area contributed by atoms with Gasteiger partial charge in [-0.1, -0.05) is 11.6 Å². The topological polar surface area (TPSA) is 25.2 Å². The van der Waals surface area contributed by atoms with Crippen LogP contribution in [0.25, 0.3) is 0 Å². The van der Waals surface area contributed by atoms with Crippen LogP contribution in [-0.4, -0.2) is 0 Å². The first-order valence-electron chi connectivity index (χ1n) is 4.58. The molecule has 0 saturated heterocycles. The lowest BCUT2D eigenvalue weighted by atomic mass is 10.3. The fourth-order valence-corrected chi connectivity index (χ4v) is 2.28. The van der Waals surface area contributed by atoms with E-state index in [-0.39, 0.29) is 0 Å². The van der Waals surface area contributed by atoms with Crippen LogP contribution in [0.15, 0.2) is 39.2 Å². The second-order valence-corrected chi connectivity index (χ2v) is 5.54. The van der Waals surface area contributed by atoms with E-state index in [1.54, 1.807) is 0 Å². The minimum Gasteiger partial charge on any atom is -0.454 e. The molecule has 0 aliphatic heterocycles. The van der Waals surface area contributed by atoms with E-state index in [9.17, 15) is 0 Å². The van der Waals surface area contributed by atoms with Crippen LogP contribution in [0.3, 0.4) is 0 Å². The molecule has 1 aromatic heterocycles. The van der Waals surface area contributed by atoms with E-state index >= 15 is 0 Å². The summed E-state index contributed by atoms with van der Waals surface area (Å²) in [6.07, 6.45) is 0. The van der Waals surface area contributed by atoms with Crippen LogP contribution < -0.4 is 5.32 Å². The van der Waals surface area contributed by atoms with Gasteiger partial charge in [-0.15, -0.1) is 0 Å². The molecule has 0 bridgehead atoms. The molecule has 1 N–H and O–H groups in total. The number of benzene rings is 1. The molecule has 0 aliphatic rings. The minimum absolute atomic E-state index is 0.641. The molecule has 1 heterocycles. The predicted molar refractivity (Wildman–Crippen MR) is 77.9 cm³/mol.